The summed E-state index contributed by atoms with van der Waals surface area (Å²) in [7, 11) is 0. The molecular weight excluding hydrogens is 310 g/mol. The van der Waals surface area contributed by atoms with Crippen molar-refractivity contribution in [3.05, 3.63) is 35.9 Å². The number of nitrogens with one attached hydrogen (secondary N) is 1. The topological polar surface area (TPSA) is 103 Å². The summed E-state index contributed by atoms with van der Waals surface area (Å²) in [6.45, 7) is 1.14. The first-order valence-electron chi connectivity index (χ1n) is 8.04. The van der Waals surface area contributed by atoms with Crippen molar-refractivity contribution >= 4 is 17.5 Å². The summed E-state index contributed by atoms with van der Waals surface area (Å²) in [6.07, 6.45) is 1.18. The molecule has 0 spiro atoms. The van der Waals surface area contributed by atoms with Crippen LogP contribution in [0.2, 0.25) is 0 Å². The van der Waals surface area contributed by atoms with Gasteiger partial charge in [0.1, 0.15) is 5.71 Å². The molecule has 1 atom stereocenters. The van der Waals surface area contributed by atoms with Crippen LogP contribution >= 0.6 is 0 Å². The Labute approximate surface area is 140 Å². The normalized spacial score (nSPS) is 22.3. The van der Waals surface area contributed by atoms with Gasteiger partial charge < -0.3 is 20.6 Å². The zero-order valence-corrected chi connectivity index (χ0v) is 13.4. The Morgan fingerprint density at radius 3 is 2.62 bits per heavy atom. The molecule has 2 aliphatic heterocycles. The maximum atomic E-state index is 12.3. The van der Waals surface area contributed by atoms with Crippen LogP contribution in [0.4, 0.5) is 0 Å². The van der Waals surface area contributed by atoms with Gasteiger partial charge in [-0.25, -0.2) is 0 Å². The predicted molar refractivity (Wildman–Crippen MR) is 87.0 cm³/mol. The van der Waals surface area contributed by atoms with Gasteiger partial charge in [0.25, 0.3) is 5.91 Å². The molecule has 1 fully saturated rings. The summed E-state index contributed by atoms with van der Waals surface area (Å²) in [5.41, 5.74) is 6.10. The standard InChI is InChI=1S/C17H21N3O4/c18-16(22)17(6-8-23-9-7-17)11-19-15(21)13-10-14(24-20-13)12-4-2-1-3-5-12/h1-5,14H,6-11H2,(H2,18,22)(H,19,21)/t14-/m1/s1. The molecule has 0 unspecified atom stereocenters. The summed E-state index contributed by atoms with van der Waals surface area (Å²) in [6, 6.07) is 9.62. The lowest BCUT2D eigenvalue weighted by molar-refractivity contribution is -0.133. The minimum atomic E-state index is -0.743. The Hall–Kier alpha value is -2.41. The number of hydrogen-bond donors (Lipinski definition) is 2. The molecular formula is C17H21N3O4. The molecule has 0 bridgehead atoms. The van der Waals surface area contributed by atoms with E-state index in [-0.39, 0.29) is 18.6 Å². The lowest BCUT2D eigenvalue weighted by atomic mass is 9.79. The molecule has 3 rings (SSSR count). The van der Waals surface area contributed by atoms with Crippen LogP contribution in [0.25, 0.3) is 0 Å². The summed E-state index contributed by atoms with van der Waals surface area (Å²) >= 11 is 0. The number of nitrogens with zero attached hydrogens (tertiary/aromatic N) is 1. The number of ether oxygens (including phenoxy) is 1. The summed E-state index contributed by atoms with van der Waals surface area (Å²) < 4.78 is 5.28. The van der Waals surface area contributed by atoms with Gasteiger partial charge in [-0.3, -0.25) is 9.59 Å². The highest BCUT2D eigenvalue weighted by atomic mass is 16.6. The van der Waals surface area contributed by atoms with E-state index >= 15 is 0 Å². The van der Waals surface area contributed by atoms with Crippen LogP contribution in [-0.4, -0.2) is 37.3 Å². The van der Waals surface area contributed by atoms with E-state index < -0.39 is 11.3 Å². The number of primary amides is 1. The van der Waals surface area contributed by atoms with Crippen LogP contribution in [0.15, 0.2) is 35.5 Å². The SMILES string of the molecule is NC(=O)C1(CNC(=O)C2=NO[C@@H](c3ccccc3)C2)CCOCC1. The van der Waals surface area contributed by atoms with Gasteiger partial charge in [0.2, 0.25) is 5.91 Å². The average molecular weight is 331 g/mol. The molecule has 3 N–H and O–H groups in total. The Balaban J connectivity index is 1.57. The molecule has 1 aromatic rings. The molecule has 24 heavy (non-hydrogen) atoms. The van der Waals surface area contributed by atoms with E-state index in [0.29, 0.717) is 38.2 Å². The van der Waals surface area contributed by atoms with Crippen LogP contribution in [0, 0.1) is 5.41 Å². The zero-order valence-electron chi connectivity index (χ0n) is 13.4. The number of carbonyl (C=O) groups excluding carboxylic acids is 2. The van der Waals surface area contributed by atoms with Gasteiger partial charge in [0.15, 0.2) is 6.10 Å². The number of carbonyl (C=O) groups is 2. The monoisotopic (exact) mass is 331 g/mol. The number of amides is 2. The lowest BCUT2D eigenvalue weighted by Crippen LogP contribution is -2.50. The van der Waals surface area contributed by atoms with Gasteiger partial charge >= 0.3 is 0 Å². The van der Waals surface area contributed by atoms with E-state index in [1.54, 1.807) is 0 Å². The van der Waals surface area contributed by atoms with Crippen LogP contribution < -0.4 is 11.1 Å². The highest BCUT2D eigenvalue weighted by Gasteiger charge is 2.39. The van der Waals surface area contributed by atoms with Crippen molar-refractivity contribution in [2.45, 2.75) is 25.4 Å². The summed E-state index contributed by atoms with van der Waals surface area (Å²) in [5, 5.41) is 6.67. The third-order valence-corrected chi connectivity index (χ3v) is 4.66. The Morgan fingerprint density at radius 2 is 1.96 bits per heavy atom. The van der Waals surface area contributed by atoms with E-state index in [4.69, 9.17) is 15.3 Å². The van der Waals surface area contributed by atoms with E-state index in [0.717, 1.165) is 5.56 Å². The first-order chi connectivity index (χ1) is 11.6. The summed E-state index contributed by atoms with van der Waals surface area (Å²) in [5.74, 6) is -0.724. The average Bonchev–Trinajstić information content (AvgIpc) is 3.11. The van der Waals surface area contributed by atoms with Crippen molar-refractivity contribution in [1.82, 2.24) is 5.32 Å². The second-order valence-corrected chi connectivity index (χ2v) is 6.19. The fraction of sp³-hybridized carbons (Fsp3) is 0.471. The maximum Gasteiger partial charge on any atom is 0.269 e. The van der Waals surface area contributed by atoms with Crippen molar-refractivity contribution in [1.29, 1.82) is 0 Å². The molecule has 1 saturated heterocycles. The number of oxime groups is 1. The van der Waals surface area contributed by atoms with Gasteiger partial charge in [0, 0.05) is 26.2 Å². The molecule has 7 heteroatoms. The van der Waals surface area contributed by atoms with E-state index in [1.165, 1.54) is 0 Å². The quantitative estimate of drug-likeness (QED) is 0.836. The van der Waals surface area contributed by atoms with E-state index in [9.17, 15) is 9.59 Å². The van der Waals surface area contributed by atoms with Crippen LogP contribution in [-0.2, 0) is 19.2 Å². The fourth-order valence-corrected chi connectivity index (χ4v) is 2.98. The smallest absolute Gasteiger partial charge is 0.269 e. The lowest BCUT2D eigenvalue weighted by Gasteiger charge is -2.34. The first kappa shape index (κ1) is 16.4. The molecule has 1 aromatic carbocycles. The van der Waals surface area contributed by atoms with Crippen LogP contribution in [0.1, 0.15) is 30.9 Å². The number of nitrogens with two attached hydrogens (primary N) is 1. The molecule has 128 valence electrons. The maximum absolute atomic E-state index is 12.3. The largest absolute Gasteiger partial charge is 0.387 e. The molecule has 7 nitrogen and oxygen atoms in total. The third-order valence-electron chi connectivity index (χ3n) is 4.66. The second kappa shape index (κ2) is 7.00. The highest BCUT2D eigenvalue weighted by Crippen LogP contribution is 2.30. The first-order valence-corrected chi connectivity index (χ1v) is 8.04. The molecule has 0 aliphatic carbocycles. The fourth-order valence-electron chi connectivity index (χ4n) is 2.98. The summed E-state index contributed by atoms with van der Waals surface area (Å²) in [4.78, 5) is 29.5. The van der Waals surface area contributed by atoms with Crippen molar-refractivity contribution < 1.29 is 19.2 Å². The van der Waals surface area contributed by atoms with Crippen molar-refractivity contribution in [3.8, 4) is 0 Å². The molecule has 0 saturated carbocycles. The number of hydrogen-bond acceptors (Lipinski definition) is 5. The van der Waals surface area contributed by atoms with Gasteiger partial charge in [-0.05, 0) is 18.4 Å². The van der Waals surface area contributed by atoms with Crippen molar-refractivity contribution in [2.24, 2.45) is 16.3 Å². The van der Waals surface area contributed by atoms with Crippen molar-refractivity contribution in [2.75, 3.05) is 19.8 Å². The van der Waals surface area contributed by atoms with Gasteiger partial charge in [-0.15, -0.1) is 0 Å². The molecule has 2 aliphatic rings. The minimum Gasteiger partial charge on any atom is -0.387 e. The number of rotatable bonds is 5. The highest BCUT2D eigenvalue weighted by molar-refractivity contribution is 6.39. The molecule has 2 amide bonds. The number of benzene rings is 1. The molecule has 0 aromatic heterocycles. The van der Waals surface area contributed by atoms with E-state index in [2.05, 4.69) is 10.5 Å². The molecule has 2 heterocycles. The Kier molecular flexibility index (Phi) is 4.80. The van der Waals surface area contributed by atoms with Gasteiger partial charge in [-0.1, -0.05) is 35.5 Å². The second-order valence-electron chi connectivity index (χ2n) is 6.19. The van der Waals surface area contributed by atoms with Gasteiger partial charge in [0.05, 0.1) is 5.41 Å². The Morgan fingerprint density at radius 1 is 1.25 bits per heavy atom. The Bertz CT molecular complexity index is 638. The minimum absolute atomic E-state index is 0.194. The third kappa shape index (κ3) is 3.41. The predicted octanol–water partition coefficient (Wildman–Crippen LogP) is 0.902. The van der Waals surface area contributed by atoms with Crippen molar-refractivity contribution in [3.63, 3.8) is 0 Å². The van der Waals surface area contributed by atoms with Gasteiger partial charge in [-0.2, -0.15) is 0 Å². The van der Waals surface area contributed by atoms with E-state index in [1.807, 2.05) is 30.3 Å². The zero-order chi connectivity index (χ0) is 17.0. The van der Waals surface area contributed by atoms with Crippen LogP contribution in [0.3, 0.4) is 0 Å². The molecule has 0 radical (unpaired) electrons. The van der Waals surface area contributed by atoms with Crippen LogP contribution in [0.5, 0.6) is 0 Å².